The number of nitrogens with zero attached hydrogens (tertiary/aromatic N) is 2. The van der Waals surface area contributed by atoms with Crippen molar-refractivity contribution in [3.63, 3.8) is 0 Å². The second kappa shape index (κ2) is 4.72. The number of carbonyl (C=O) groups is 1. The van der Waals surface area contributed by atoms with Gasteiger partial charge in [-0.1, -0.05) is 0 Å². The molecule has 14 heavy (non-hydrogen) atoms. The van der Waals surface area contributed by atoms with E-state index in [-0.39, 0.29) is 5.91 Å². The molecule has 0 radical (unpaired) electrons. The Morgan fingerprint density at radius 2 is 2.14 bits per heavy atom. The molecule has 1 amide bonds. The fourth-order valence-corrected chi connectivity index (χ4v) is 1.16. The molecule has 1 aromatic heterocycles. The quantitative estimate of drug-likeness (QED) is 0.758. The van der Waals surface area contributed by atoms with Gasteiger partial charge in [0.1, 0.15) is 6.10 Å². The molecule has 0 fully saturated rings. The first kappa shape index (κ1) is 10.7. The van der Waals surface area contributed by atoms with Gasteiger partial charge in [0.05, 0.1) is 0 Å². The molecule has 0 saturated heterocycles. The molecule has 4 heteroatoms. The highest BCUT2D eigenvalue weighted by molar-refractivity contribution is 5.79. The molecule has 1 rings (SSSR count). The Kier molecular flexibility index (Phi) is 3.59. The van der Waals surface area contributed by atoms with Crippen molar-refractivity contribution < 1.29 is 9.90 Å². The van der Waals surface area contributed by atoms with Crippen molar-refractivity contribution in [2.24, 2.45) is 0 Å². The molecule has 1 atom stereocenters. The number of aliphatic hydroxyl groups excluding tert-OH is 1. The highest BCUT2D eigenvalue weighted by Gasteiger charge is 2.14. The smallest absolute Gasteiger partial charge is 0.251 e. The van der Waals surface area contributed by atoms with Gasteiger partial charge in [0.2, 0.25) is 0 Å². The molecule has 4 nitrogen and oxygen atoms in total. The minimum absolute atomic E-state index is 0.276. The zero-order chi connectivity index (χ0) is 10.6. The third kappa shape index (κ3) is 2.81. The number of aliphatic hydroxyl groups is 1. The van der Waals surface area contributed by atoms with E-state index in [9.17, 15) is 4.79 Å². The standard InChI is InChI=1S/C10H14N2O2/c1-8(13)10(14)12(2)7-9-3-5-11-6-4-9/h3-6,8,13H,7H2,1-2H3. The Labute approximate surface area is 83.2 Å². The second-order valence-corrected chi connectivity index (χ2v) is 3.23. The topological polar surface area (TPSA) is 53.4 Å². The minimum Gasteiger partial charge on any atom is -0.384 e. The summed E-state index contributed by atoms with van der Waals surface area (Å²) >= 11 is 0. The van der Waals surface area contributed by atoms with Crippen molar-refractivity contribution in [1.82, 2.24) is 9.88 Å². The fourth-order valence-electron chi connectivity index (χ4n) is 1.16. The lowest BCUT2D eigenvalue weighted by Gasteiger charge is -2.18. The van der Waals surface area contributed by atoms with Gasteiger partial charge < -0.3 is 10.0 Å². The molecule has 0 saturated carbocycles. The first-order valence-electron chi connectivity index (χ1n) is 4.43. The lowest BCUT2D eigenvalue weighted by atomic mass is 10.2. The molecule has 1 heterocycles. The molecule has 76 valence electrons. The largest absolute Gasteiger partial charge is 0.384 e. The third-order valence-corrected chi connectivity index (χ3v) is 1.90. The molecule has 0 aromatic carbocycles. The predicted molar refractivity (Wildman–Crippen MR) is 52.4 cm³/mol. The van der Waals surface area contributed by atoms with Crippen LogP contribution in [-0.2, 0) is 11.3 Å². The van der Waals surface area contributed by atoms with Gasteiger partial charge in [0.25, 0.3) is 5.91 Å². The summed E-state index contributed by atoms with van der Waals surface area (Å²) in [5, 5.41) is 9.07. The van der Waals surface area contributed by atoms with Crippen LogP contribution in [0.25, 0.3) is 0 Å². The van der Waals surface area contributed by atoms with Crippen LogP contribution in [0.3, 0.4) is 0 Å². The van der Waals surface area contributed by atoms with Crippen molar-refractivity contribution in [3.05, 3.63) is 30.1 Å². The predicted octanol–water partition coefficient (Wildman–Crippen LogP) is 0.421. The van der Waals surface area contributed by atoms with E-state index in [0.29, 0.717) is 6.54 Å². The van der Waals surface area contributed by atoms with E-state index >= 15 is 0 Å². The number of pyridine rings is 1. The first-order chi connectivity index (χ1) is 6.61. The number of rotatable bonds is 3. The Morgan fingerprint density at radius 1 is 1.57 bits per heavy atom. The molecular weight excluding hydrogens is 180 g/mol. The highest BCUT2D eigenvalue weighted by Crippen LogP contribution is 2.02. The zero-order valence-corrected chi connectivity index (χ0v) is 8.34. The van der Waals surface area contributed by atoms with E-state index in [2.05, 4.69) is 4.98 Å². The summed E-state index contributed by atoms with van der Waals surface area (Å²) in [7, 11) is 1.66. The highest BCUT2D eigenvalue weighted by atomic mass is 16.3. The van der Waals surface area contributed by atoms with Gasteiger partial charge in [-0.2, -0.15) is 0 Å². The van der Waals surface area contributed by atoms with Crippen LogP contribution < -0.4 is 0 Å². The Bertz CT molecular complexity index is 298. The number of amides is 1. The number of hydrogen-bond donors (Lipinski definition) is 1. The Morgan fingerprint density at radius 3 is 2.64 bits per heavy atom. The number of aromatic nitrogens is 1. The fraction of sp³-hybridized carbons (Fsp3) is 0.400. The van der Waals surface area contributed by atoms with E-state index < -0.39 is 6.10 Å². The summed E-state index contributed by atoms with van der Waals surface area (Å²) in [5.74, 6) is -0.276. The number of hydrogen-bond acceptors (Lipinski definition) is 3. The van der Waals surface area contributed by atoms with Crippen LogP contribution in [0.2, 0.25) is 0 Å². The maximum absolute atomic E-state index is 11.3. The van der Waals surface area contributed by atoms with Gasteiger partial charge in [0, 0.05) is 26.0 Å². The van der Waals surface area contributed by atoms with Gasteiger partial charge in [-0.15, -0.1) is 0 Å². The van der Waals surface area contributed by atoms with Gasteiger partial charge in [-0.05, 0) is 24.6 Å². The SMILES string of the molecule is CC(O)C(=O)N(C)Cc1ccncc1. The molecule has 0 bridgehead atoms. The molecular formula is C10H14N2O2. The third-order valence-electron chi connectivity index (χ3n) is 1.90. The van der Waals surface area contributed by atoms with Crippen molar-refractivity contribution in [2.75, 3.05) is 7.05 Å². The first-order valence-corrected chi connectivity index (χ1v) is 4.43. The number of likely N-dealkylation sites (N-methyl/N-ethyl adjacent to an activating group) is 1. The van der Waals surface area contributed by atoms with Crippen LogP contribution >= 0.6 is 0 Å². The summed E-state index contributed by atoms with van der Waals surface area (Å²) in [6.45, 7) is 1.96. The molecule has 0 aliphatic carbocycles. The van der Waals surface area contributed by atoms with Crippen LogP contribution in [0, 0.1) is 0 Å². The summed E-state index contributed by atoms with van der Waals surface area (Å²) in [6, 6.07) is 3.68. The Hall–Kier alpha value is -1.42. The van der Waals surface area contributed by atoms with Crippen molar-refractivity contribution in [1.29, 1.82) is 0 Å². The average Bonchev–Trinajstić information content (AvgIpc) is 2.18. The minimum atomic E-state index is -0.943. The maximum atomic E-state index is 11.3. The molecule has 0 spiro atoms. The summed E-state index contributed by atoms with van der Waals surface area (Å²) in [5.41, 5.74) is 0.997. The summed E-state index contributed by atoms with van der Waals surface area (Å²) in [6.07, 6.45) is 2.41. The van der Waals surface area contributed by atoms with Crippen molar-refractivity contribution >= 4 is 5.91 Å². The average molecular weight is 194 g/mol. The van der Waals surface area contributed by atoms with Gasteiger partial charge in [-0.3, -0.25) is 9.78 Å². The van der Waals surface area contributed by atoms with Crippen LogP contribution in [0.15, 0.2) is 24.5 Å². The lowest BCUT2D eigenvalue weighted by molar-refractivity contribution is -0.138. The normalized spacial score (nSPS) is 12.2. The van der Waals surface area contributed by atoms with Gasteiger partial charge in [0.15, 0.2) is 0 Å². The Balaban J connectivity index is 2.57. The molecule has 0 aliphatic rings. The molecule has 1 N–H and O–H groups in total. The van der Waals surface area contributed by atoms with Crippen LogP contribution in [0.4, 0.5) is 0 Å². The van der Waals surface area contributed by atoms with E-state index in [0.717, 1.165) is 5.56 Å². The zero-order valence-electron chi connectivity index (χ0n) is 8.34. The number of carbonyl (C=O) groups excluding carboxylic acids is 1. The van der Waals surface area contributed by atoms with Gasteiger partial charge in [-0.25, -0.2) is 0 Å². The van der Waals surface area contributed by atoms with Crippen molar-refractivity contribution in [2.45, 2.75) is 19.6 Å². The monoisotopic (exact) mass is 194 g/mol. The van der Waals surface area contributed by atoms with E-state index in [1.54, 1.807) is 19.4 Å². The summed E-state index contributed by atoms with van der Waals surface area (Å²) < 4.78 is 0. The lowest BCUT2D eigenvalue weighted by Crippen LogP contribution is -2.34. The van der Waals surface area contributed by atoms with Crippen LogP contribution in [-0.4, -0.2) is 34.0 Å². The molecule has 0 aliphatic heterocycles. The van der Waals surface area contributed by atoms with E-state index in [1.807, 2.05) is 12.1 Å². The summed E-state index contributed by atoms with van der Waals surface area (Å²) in [4.78, 5) is 16.7. The van der Waals surface area contributed by atoms with Crippen molar-refractivity contribution in [3.8, 4) is 0 Å². The van der Waals surface area contributed by atoms with Crippen LogP contribution in [0.5, 0.6) is 0 Å². The van der Waals surface area contributed by atoms with E-state index in [1.165, 1.54) is 11.8 Å². The maximum Gasteiger partial charge on any atom is 0.251 e. The van der Waals surface area contributed by atoms with Crippen LogP contribution in [0.1, 0.15) is 12.5 Å². The second-order valence-electron chi connectivity index (χ2n) is 3.23. The molecule has 1 unspecified atom stereocenters. The van der Waals surface area contributed by atoms with Gasteiger partial charge >= 0.3 is 0 Å². The molecule has 1 aromatic rings. The van der Waals surface area contributed by atoms with E-state index in [4.69, 9.17) is 5.11 Å².